The van der Waals surface area contributed by atoms with Gasteiger partial charge in [0.05, 0.1) is 5.75 Å². The van der Waals surface area contributed by atoms with Gasteiger partial charge in [-0.3, -0.25) is 4.21 Å². The molecule has 0 bridgehead atoms. The Morgan fingerprint density at radius 2 is 2.40 bits per heavy atom. The molecule has 0 saturated carbocycles. The quantitative estimate of drug-likeness (QED) is 0.828. The topological polar surface area (TPSA) is 80.4 Å². The van der Waals surface area contributed by atoms with E-state index in [-0.39, 0.29) is 16.7 Å². The Kier molecular flexibility index (Phi) is 4.02. The monoisotopic (exact) mass is 231 g/mol. The van der Waals surface area contributed by atoms with Crippen molar-refractivity contribution < 1.29 is 18.6 Å². The molecule has 0 amide bonds. The molecule has 84 valence electrons. The van der Waals surface area contributed by atoms with E-state index in [0.717, 1.165) is 6.42 Å². The lowest BCUT2D eigenvalue weighted by molar-refractivity contribution is 0.0685. The zero-order chi connectivity index (χ0) is 11.4. The lowest BCUT2D eigenvalue weighted by Gasteiger charge is -2.05. The highest BCUT2D eigenvalue weighted by Gasteiger charge is 2.15. The van der Waals surface area contributed by atoms with Crippen LogP contribution < -0.4 is 0 Å². The summed E-state index contributed by atoms with van der Waals surface area (Å²) in [6.07, 6.45) is 0.812. The van der Waals surface area contributed by atoms with E-state index >= 15 is 0 Å². The summed E-state index contributed by atoms with van der Waals surface area (Å²) in [4.78, 5) is 10.5. The predicted molar refractivity (Wildman–Crippen MR) is 55.1 cm³/mol. The van der Waals surface area contributed by atoms with E-state index in [9.17, 15) is 9.00 Å². The Hall–Kier alpha value is -1.17. The summed E-state index contributed by atoms with van der Waals surface area (Å²) in [5.74, 6) is -0.569. The van der Waals surface area contributed by atoms with Crippen molar-refractivity contribution in [2.24, 2.45) is 0 Å². The van der Waals surface area contributed by atoms with Gasteiger partial charge in [-0.05, 0) is 6.42 Å². The second kappa shape index (κ2) is 5.06. The number of nitrogens with zero attached hydrogens (tertiary/aromatic N) is 1. The molecule has 1 N–H and O–H groups in total. The van der Waals surface area contributed by atoms with Crippen LogP contribution in [0.4, 0.5) is 0 Å². The summed E-state index contributed by atoms with van der Waals surface area (Å²) >= 11 is 0. The van der Waals surface area contributed by atoms with E-state index in [0.29, 0.717) is 5.76 Å². The van der Waals surface area contributed by atoms with E-state index in [4.69, 9.17) is 9.63 Å². The lowest BCUT2D eigenvalue weighted by atomic mass is 10.4. The summed E-state index contributed by atoms with van der Waals surface area (Å²) in [5, 5.41) is 12.0. The summed E-state index contributed by atoms with van der Waals surface area (Å²) in [6, 6.07) is 1.31. The van der Waals surface area contributed by atoms with E-state index in [1.54, 1.807) is 0 Å². The SMILES string of the molecule is CCC(C)S(=O)Cc1cc(C(=O)O)no1. The molecule has 0 aromatic carbocycles. The van der Waals surface area contributed by atoms with Gasteiger partial charge < -0.3 is 9.63 Å². The second-order valence-electron chi connectivity index (χ2n) is 3.23. The van der Waals surface area contributed by atoms with E-state index in [1.165, 1.54) is 6.07 Å². The maximum atomic E-state index is 11.6. The molecule has 6 heteroatoms. The molecule has 0 aliphatic heterocycles. The molecule has 0 saturated heterocycles. The third-order valence-electron chi connectivity index (χ3n) is 2.09. The van der Waals surface area contributed by atoms with Crippen LogP contribution in [-0.2, 0) is 16.6 Å². The molecule has 1 heterocycles. The van der Waals surface area contributed by atoms with Crippen LogP contribution in [0.15, 0.2) is 10.6 Å². The van der Waals surface area contributed by atoms with Crippen LogP contribution in [0.25, 0.3) is 0 Å². The first kappa shape index (κ1) is 11.9. The normalized spacial score (nSPS) is 14.8. The van der Waals surface area contributed by atoms with Crippen molar-refractivity contribution in [3.05, 3.63) is 17.5 Å². The fourth-order valence-corrected chi connectivity index (χ4v) is 2.02. The molecule has 2 atom stereocenters. The Morgan fingerprint density at radius 3 is 2.87 bits per heavy atom. The van der Waals surface area contributed by atoms with Crippen molar-refractivity contribution in [2.75, 3.05) is 0 Å². The maximum Gasteiger partial charge on any atom is 0.358 e. The lowest BCUT2D eigenvalue weighted by Crippen LogP contribution is -2.10. The summed E-state index contributed by atoms with van der Waals surface area (Å²) < 4.78 is 16.4. The van der Waals surface area contributed by atoms with Crippen molar-refractivity contribution in [1.82, 2.24) is 5.16 Å². The van der Waals surface area contributed by atoms with E-state index < -0.39 is 16.8 Å². The van der Waals surface area contributed by atoms with Gasteiger partial charge in [-0.1, -0.05) is 19.0 Å². The van der Waals surface area contributed by atoms with Crippen molar-refractivity contribution >= 4 is 16.8 Å². The van der Waals surface area contributed by atoms with Crippen LogP contribution in [0.3, 0.4) is 0 Å². The molecule has 2 unspecified atom stereocenters. The standard InChI is InChI=1S/C9H13NO4S/c1-3-6(2)15(13)5-7-4-8(9(11)12)10-14-7/h4,6H,3,5H2,1-2H3,(H,11,12). The van der Waals surface area contributed by atoms with Crippen molar-refractivity contribution in [2.45, 2.75) is 31.3 Å². The zero-order valence-electron chi connectivity index (χ0n) is 8.60. The Labute approximate surface area is 89.9 Å². The molecule has 0 fully saturated rings. The largest absolute Gasteiger partial charge is 0.476 e. The molecule has 0 radical (unpaired) electrons. The average Bonchev–Trinajstić information content (AvgIpc) is 2.65. The van der Waals surface area contributed by atoms with Crippen molar-refractivity contribution in [3.8, 4) is 0 Å². The summed E-state index contributed by atoms with van der Waals surface area (Å²) in [5.41, 5.74) is -0.147. The number of aromatic carboxylic acids is 1. The third-order valence-corrected chi connectivity index (χ3v) is 3.89. The van der Waals surface area contributed by atoms with Crippen LogP contribution in [0, 0.1) is 0 Å². The minimum Gasteiger partial charge on any atom is -0.476 e. The van der Waals surface area contributed by atoms with Gasteiger partial charge in [0.15, 0.2) is 5.69 Å². The predicted octanol–water partition coefficient (Wildman–Crippen LogP) is 1.42. The first-order chi connectivity index (χ1) is 7.04. The molecule has 5 nitrogen and oxygen atoms in total. The molecule has 0 aliphatic carbocycles. The number of hydrogen-bond acceptors (Lipinski definition) is 4. The Balaban J connectivity index is 2.65. The van der Waals surface area contributed by atoms with Crippen LogP contribution in [0.2, 0.25) is 0 Å². The number of carbonyl (C=O) groups is 1. The molecule has 1 aromatic rings. The van der Waals surface area contributed by atoms with Gasteiger partial charge in [0.2, 0.25) is 0 Å². The van der Waals surface area contributed by atoms with E-state index in [2.05, 4.69) is 5.16 Å². The van der Waals surface area contributed by atoms with Crippen LogP contribution in [0.5, 0.6) is 0 Å². The highest BCUT2D eigenvalue weighted by atomic mass is 32.2. The van der Waals surface area contributed by atoms with Gasteiger partial charge in [-0.25, -0.2) is 4.79 Å². The minimum atomic E-state index is -1.14. The molecule has 15 heavy (non-hydrogen) atoms. The maximum absolute atomic E-state index is 11.6. The van der Waals surface area contributed by atoms with Gasteiger partial charge in [0.25, 0.3) is 0 Å². The molecule has 0 spiro atoms. The molecule has 0 aliphatic rings. The Bertz CT molecular complexity index is 374. The summed E-state index contributed by atoms with van der Waals surface area (Å²) in [6.45, 7) is 3.83. The molecular formula is C9H13NO4S. The zero-order valence-corrected chi connectivity index (χ0v) is 9.41. The van der Waals surface area contributed by atoms with Gasteiger partial charge in [0, 0.05) is 22.1 Å². The van der Waals surface area contributed by atoms with E-state index in [1.807, 2.05) is 13.8 Å². The first-order valence-electron chi connectivity index (χ1n) is 4.60. The van der Waals surface area contributed by atoms with Gasteiger partial charge in [0.1, 0.15) is 5.76 Å². The number of hydrogen-bond donors (Lipinski definition) is 1. The van der Waals surface area contributed by atoms with Gasteiger partial charge in [-0.15, -0.1) is 0 Å². The first-order valence-corrected chi connectivity index (χ1v) is 5.98. The van der Waals surface area contributed by atoms with Crippen molar-refractivity contribution in [3.63, 3.8) is 0 Å². The molecular weight excluding hydrogens is 218 g/mol. The fourth-order valence-electron chi connectivity index (χ4n) is 0.950. The number of carboxylic acids is 1. The highest BCUT2D eigenvalue weighted by Crippen LogP contribution is 2.10. The summed E-state index contributed by atoms with van der Waals surface area (Å²) in [7, 11) is -1.04. The number of carboxylic acid groups (broad SMARTS) is 1. The van der Waals surface area contributed by atoms with Crippen LogP contribution >= 0.6 is 0 Å². The average molecular weight is 231 g/mol. The van der Waals surface area contributed by atoms with Gasteiger partial charge in [-0.2, -0.15) is 0 Å². The molecule has 1 rings (SSSR count). The smallest absolute Gasteiger partial charge is 0.358 e. The second-order valence-corrected chi connectivity index (χ2v) is 5.08. The highest BCUT2D eigenvalue weighted by molar-refractivity contribution is 7.84. The Morgan fingerprint density at radius 1 is 1.73 bits per heavy atom. The van der Waals surface area contributed by atoms with Crippen LogP contribution in [-0.4, -0.2) is 25.7 Å². The third kappa shape index (κ3) is 3.16. The van der Waals surface area contributed by atoms with Crippen molar-refractivity contribution in [1.29, 1.82) is 0 Å². The minimum absolute atomic E-state index is 0.0726. The number of aromatic nitrogens is 1. The molecule has 1 aromatic heterocycles. The fraction of sp³-hybridized carbons (Fsp3) is 0.556. The van der Waals surface area contributed by atoms with Crippen LogP contribution in [0.1, 0.15) is 36.5 Å². The van der Waals surface area contributed by atoms with Gasteiger partial charge >= 0.3 is 5.97 Å². The number of rotatable bonds is 5.